The van der Waals surface area contributed by atoms with E-state index in [2.05, 4.69) is 0 Å². The lowest BCUT2D eigenvalue weighted by atomic mass is 10.0. The van der Waals surface area contributed by atoms with Gasteiger partial charge in [-0.25, -0.2) is 4.79 Å². The molecule has 1 aromatic carbocycles. The Balaban J connectivity index is 2.15. The van der Waals surface area contributed by atoms with Gasteiger partial charge >= 0.3 is 5.97 Å². The molecule has 3 rings (SSSR count). The number of benzene rings is 1. The van der Waals surface area contributed by atoms with E-state index < -0.39 is 11.6 Å². The summed E-state index contributed by atoms with van der Waals surface area (Å²) in [4.78, 5) is 12.2. The van der Waals surface area contributed by atoms with Gasteiger partial charge in [-0.15, -0.1) is 11.3 Å². The predicted molar refractivity (Wildman–Crippen MR) is 61.3 cm³/mol. The Morgan fingerprint density at radius 1 is 1.38 bits per heavy atom. The van der Waals surface area contributed by atoms with Gasteiger partial charge in [0, 0.05) is 16.0 Å². The number of esters is 1. The van der Waals surface area contributed by atoms with Crippen LogP contribution in [0.3, 0.4) is 0 Å². The molecule has 0 spiro atoms. The molecule has 1 N–H and O–H groups in total. The smallest absolute Gasteiger partial charge is 0.343 e. The van der Waals surface area contributed by atoms with Crippen molar-refractivity contribution in [3.05, 3.63) is 35.2 Å². The number of carbonyl (C=O) groups is 1. The molecule has 82 valence electrons. The zero-order valence-electron chi connectivity index (χ0n) is 8.47. The molecular weight excluding hydrogens is 224 g/mol. The molecule has 0 amide bonds. The van der Waals surface area contributed by atoms with Crippen molar-refractivity contribution in [1.82, 2.24) is 0 Å². The molecule has 0 saturated carbocycles. The Labute approximate surface area is 96.3 Å². The van der Waals surface area contributed by atoms with E-state index in [0.29, 0.717) is 17.9 Å². The third-order valence-corrected chi connectivity index (χ3v) is 4.14. The highest BCUT2D eigenvalue weighted by atomic mass is 32.1. The van der Waals surface area contributed by atoms with E-state index in [0.717, 1.165) is 10.1 Å². The largest absolute Gasteiger partial charge is 0.463 e. The summed E-state index contributed by atoms with van der Waals surface area (Å²) in [5.41, 5.74) is -1.43. The number of hydrogen-bond acceptors (Lipinski definition) is 4. The number of rotatable bonds is 1. The fraction of sp³-hybridized carbons (Fsp3) is 0.250. The van der Waals surface area contributed by atoms with Gasteiger partial charge in [-0.3, -0.25) is 0 Å². The Hall–Kier alpha value is -1.39. The van der Waals surface area contributed by atoms with Gasteiger partial charge in [-0.05, 0) is 17.5 Å². The first kappa shape index (κ1) is 9.81. The van der Waals surface area contributed by atoms with Gasteiger partial charge < -0.3 is 9.84 Å². The number of ether oxygens (including phenoxy) is 1. The van der Waals surface area contributed by atoms with Gasteiger partial charge in [-0.1, -0.05) is 18.2 Å². The standard InChI is InChI=1S/C12H10O3S/c13-11-12(14,5-6-15-11)10-7-8-3-1-2-4-9(8)16-10/h1-4,7,14H,5-6H2. The van der Waals surface area contributed by atoms with Gasteiger partial charge in [-0.2, -0.15) is 0 Å². The van der Waals surface area contributed by atoms with Crippen LogP contribution in [0, 0.1) is 0 Å². The van der Waals surface area contributed by atoms with Crippen LogP contribution in [-0.2, 0) is 15.1 Å². The van der Waals surface area contributed by atoms with E-state index >= 15 is 0 Å². The fourth-order valence-corrected chi connectivity index (χ4v) is 3.09. The molecule has 1 aliphatic heterocycles. The van der Waals surface area contributed by atoms with E-state index in [-0.39, 0.29) is 0 Å². The summed E-state index contributed by atoms with van der Waals surface area (Å²) in [7, 11) is 0. The highest BCUT2D eigenvalue weighted by Gasteiger charge is 2.45. The summed E-state index contributed by atoms with van der Waals surface area (Å²) < 4.78 is 5.91. The SMILES string of the molecule is O=C1OCCC1(O)c1cc2ccccc2s1. The quantitative estimate of drug-likeness (QED) is 0.768. The van der Waals surface area contributed by atoms with Crippen LogP contribution in [-0.4, -0.2) is 17.7 Å². The van der Waals surface area contributed by atoms with Crippen molar-refractivity contribution in [1.29, 1.82) is 0 Å². The topological polar surface area (TPSA) is 46.5 Å². The first-order valence-electron chi connectivity index (χ1n) is 5.09. The minimum Gasteiger partial charge on any atom is -0.463 e. The van der Waals surface area contributed by atoms with Crippen molar-refractivity contribution in [3.8, 4) is 0 Å². The molecule has 1 atom stereocenters. The van der Waals surface area contributed by atoms with Gasteiger partial charge in [0.2, 0.25) is 0 Å². The first-order valence-corrected chi connectivity index (χ1v) is 5.90. The lowest BCUT2D eigenvalue weighted by molar-refractivity contribution is -0.153. The van der Waals surface area contributed by atoms with Crippen LogP contribution in [0.5, 0.6) is 0 Å². The highest BCUT2D eigenvalue weighted by Crippen LogP contribution is 2.38. The Bertz CT molecular complexity index is 527. The minimum absolute atomic E-state index is 0.295. The highest BCUT2D eigenvalue weighted by molar-refractivity contribution is 7.19. The second-order valence-corrected chi connectivity index (χ2v) is 4.98. The number of carbonyl (C=O) groups excluding carboxylic acids is 1. The van der Waals surface area contributed by atoms with Crippen LogP contribution in [0.1, 0.15) is 11.3 Å². The van der Waals surface area contributed by atoms with Gasteiger partial charge in [0.05, 0.1) is 6.61 Å². The monoisotopic (exact) mass is 234 g/mol. The molecule has 0 bridgehead atoms. The molecule has 3 nitrogen and oxygen atoms in total. The van der Waals surface area contributed by atoms with Crippen LogP contribution < -0.4 is 0 Å². The van der Waals surface area contributed by atoms with Crippen LogP contribution in [0.2, 0.25) is 0 Å². The van der Waals surface area contributed by atoms with Crippen molar-refractivity contribution in [2.24, 2.45) is 0 Å². The van der Waals surface area contributed by atoms with E-state index in [4.69, 9.17) is 4.74 Å². The zero-order chi connectivity index (χ0) is 11.2. The summed E-state index contributed by atoms with van der Waals surface area (Å²) in [6.45, 7) is 0.295. The lowest BCUT2D eigenvalue weighted by Crippen LogP contribution is -2.29. The fourth-order valence-electron chi connectivity index (χ4n) is 1.92. The summed E-state index contributed by atoms with van der Waals surface area (Å²) in [6, 6.07) is 9.70. The van der Waals surface area contributed by atoms with Crippen molar-refractivity contribution >= 4 is 27.4 Å². The maximum Gasteiger partial charge on any atom is 0.343 e. The predicted octanol–water partition coefficient (Wildman–Crippen LogP) is 2.04. The summed E-state index contributed by atoms with van der Waals surface area (Å²) in [5, 5.41) is 11.3. The van der Waals surface area contributed by atoms with Gasteiger partial charge in [0.1, 0.15) is 0 Å². The number of aliphatic hydroxyl groups is 1. The molecule has 0 radical (unpaired) electrons. The third-order valence-electron chi connectivity index (χ3n) is 2.87. The average Bonchev–Trinajstić information content (AvgIpc) is 2.84. The number of fused-ring (bicyclic) bond motifs is 1. The molecule has 1 fully saturated rings. The van der Waals surface area contributed by atoms with E-state index in [9.17, 15) is 9.90 Å². The van der Waals surface area contributed by atoms with Crippen molar-refractivity contribution in [3.63, 3.8) is 0 Å². The summed E-state index contributed by atoms with van der Waals surface area (Å²) in [5.74, 6) is -0.529. The molecule has 1 aliphatic rings. The number of hydrogen-bond donors (Lipinski definition) is 1. The lowest BCUT2D eigenvalue weighted by Gasteiger charge is -2.14. The van der Waals surface area contributed by atoms with Gasteiger partial charge in [0.25, 0.3) is 0 Å². The average molecular weight is 234 g/mol. The minimum atomic E-state index is -1.43. The van der Waals surface area contributed by atoms with E-state index in [1.165, 1.54) is 11.3 Å². The summed E-state index contributed by atoms with van der Waals surface area (Å²) in [6.07, 6.45) is 0.346. The molecule has 0 aliphatic carbocycles. The maximum absolute atomic E-state index is 11.5. The molecule has 4 heteroatoms. The summed E-state index contributed by atoms with van der Waals surface area (Å²) >= 11 is 1.45. The maximum atomic E-state index is 11.5. The van der Waals surface area contributed by atoms with Crippen LogP contribution in [0.4, 0.5) is 0 Å². The van der Waals surface area contributed by atoms with Crippen LogP contribution >= 0.6 is 11.3 Å². The second-order valence-electron chi connectivity index (χ2n) is 3.89. The Morgan fingerprint density at radius 2 is 2.19 bits per heavy atom. The molecule has 2 heterocycles. The van der Waals surface area contributed by atoms with E-state index in [1.54, 1.807) is 0 Å². The van der Waals surface area contributed by atoms with Crippen LogP contribution in [0.25, 0.3) is 10.1 Å². The van der Waals surface area contributed by atoms with E-state index in [1.807, 2.05) is 30.3 Å². The molecule has 1 aromatic heterocycles. The number of thiophene rings is 1. The first-order chi connectivity index (χ1) is 7.70. The molecule has 2 aromatic rings. The third kappa shape index (κ3) is 1.27. The number of cyclic esters (lactones) is 1. The normalized spacial score (nSPS) is 24.9. The molecule has 1 saturated heterocycles. The molecule has 16 heavy (non-hydrogen) atoms. The molecule has 1 unspecified atom stereocenters. The Morgan fingerprint density at radius 3 is 2.88 bits per heavy atom. The Kier molecular flexibility index (Phi) is 2.02. The van der Waals surface area contributed by atoms with Gasteiger partial charge in [0.15, 0.2) is 5.60 Å². The van der Waals surface area contributed by atoms with Crippen LogP contribution in [0.15, 0.2) is 30.3 Å². The second kappa shape index (κ2) is 3.30. The van der Waals surface area contributed by atoms with Crippen molar-refractivity contribution in [2.45, 2.75) is 12.0 Å². The van der Waals surface area contributed by atoms with Crippen molar-refractivity contribution in [2.75, 3.05) is 6.61 Å². The zero-order valence-corrected chi connectivity index (χ0v) is 9.29. The molecular formula is C12H10O3S. The van der Waals surface area contributed by atoms with Crippen molar-refractivity contribution < 1.29 is 14.6 Å².